The lowest BCUT2D eigenvalue weighted by Crippen LogP contribution is -2.50. The molecule has 3 heterocycles. The lowest BCUT2D eigenvalue weighted by molar-refractivity contribution is -0.132. The van der Waals surface area contributed by atoms with E-state index in [1.54, 1.807) is 36.5 Å². The second-order valence-corrected chi connectivity index (χ2v) is 8.11. The van der Waals surface area contributed by atoms with Gasteiger partial charge >= 0.3 is 0 Å². The zero-order chi connectivity index (χ0) is 23.7. The summed E-state index contributed by atoms with van der Waals surface area (Å²) in [5, 5.41) is 6.14. The molecule has 0 saturated heterocycles. The Morgan fingerprint density at radius 1 is 1.12 bits per heavy atom. The minimum Gasteiger partial charge on any atom is -0.497 e. The van der Waals surface area contributed by atoms with Crippen LogP contribution in [0.1, 0.15) is 23.8 Å². The van der Waals surface area contributed by atoms with Crippen LogP contribution >= 0.6 is 0 Å². The van der Waals surface area contributed by atoms with Crippen LogP contribution in [0.2, 0.25) is 0 Å². The molecule has 0 spiro atoms. The summed E-state index contributed by atoms with van der Waals surface area (Å²) in [6, 6.07) is 18.1. The van der Waals surface area contributed by atoms with E-state index in [4.69, 9.17) is 19.6 Å². The Morgan fingerprint density at radius 2 is 1.91 bits per heavy atom. The van der Waals surface area contributed by atoms with Crippen molar-refractivity contribution in [2.45, 2.75) is 18.6 Å². The van der Waals surface area contributed by atoms with Crippen LogP contribution in [-0.2, 0) is 9.59 Å². The Morgan fingerprint density at radius 3 is 2.62 bits per heavy atom. The Hall–Kier alpha value is -4.27. The minimum absolute atomic E-state index is 0.000748. The van der Waals surface area contributed by atoms with E-state index in [1.165, 1.54) is 5.01 Å². The normalized spacial score (nSPS) is 19.3. The first-order valence-corrected chi connectivity index (χ1v) is 10.9. The maximum absolute atomic E-state index is 13.5. The van der Waals surface area contributed by atoms with E-state index >= 15 is 0 Å². The fraction of sp³-hybridized carbons (Fsp3) is 0.240. The molecule has 0 fully saturated rings. The Balaban J connectivity index is 1.43. The van der Waals surface area contributed by atoms with E-state index in [1.807, 2.05) is 42.5 Å². The van der Waals surface area contributed by atoms with Crippen molar-refractivity contribution < 1.29 is 23.5 Å². The number of amides is 2. The van der Waals surface area contributed by atoms with Gasteiger partial charge in [0.1, 0.15) is 23.3 Å². The SMILES string of the molecule is COc1ccc(C2=NN(C(=O)CN3CC(C(N)=O)Oc4ccccc43)C(c3ccco3)C2)cc1. The van der Waals surface area contributed by atoms with Crippen molar-refractivity contribution in [1.82, 2.24) is 5.01 Å². The fourth-order valence-electron chi connectivity index (χ4n) is 4.24. The molecule has 2 amide bonds. The number of benzene rings is 2. The number of primary amides is 1. The molecule has 2 N–H and O–H groups in total. The zero-order valence-electron chi connectivity index (χ0n) is 18.6. The molecular formula is C25H24N4O5. The first-order valence-electron chi connectivity index (χ1n) is 10.9. The van der Waals surface area contributed by atoms with Crippen molar-refractivity contribution in [3.63, 3.8) is 0 Å². The summed E-state index contributed by atoms with van der Waals surface area (Å²) in [7, 11) is 1.61. The highest BCUT2D eigenvalue weighted by Crippen LogP contribution is 2.36. The molecule has 0 radical (unpaired) electrons. The third-order valence-corrected chi connectivity index (χ3v) is 5.97. The molecular weight excluding hydrogens is 436 g/mol. The van der Waals surface area contributed by atoms with Crippen molar-refractivity contribution >= 4 is 23.2 Å². The summed E-state index contributed by atoms with van der Waals surface area (Å²) in [5.74, 6) is 1.09. The smallest absolute Gasteiger partial charge is 0.262 e. The van der Waals surface area contributed by atoms with Crippen LogP contribution in [0.25, 0.3) is 0 Å². The van der Waals surface area contributed by atoms with E-state index in [0.717, 1.165) is 22.7 Å². The topological polar surface area (TPSA) is 111 Å². The number of anilines is 1. The average molecular weight is 460 g/mol. The number of carbonyl (C=O) groups is 2. The Bertz CT molecular complexity index is 1220. The summed E-state index contributed by atoms with van der Waals surface area (Å²) in [6.45, 7) is 0.174. The second-order valence-electron chi connectivity index (χ2n) is 8.11. The van der Waals surface area contributed by atoms with Crippen LogP contribution in [0.5, 0.6) is 11.5 Å². The van der Waals surface area contributed by atoms with Gasteiger partial charge in [-0.2, -0.15) is 5.10 Å². The fourth-order valence-corrected chi connectivity index (χ4v) is 4.24. The molecule has 2 atom stereocenters. The molecule has 5 rings (SSSR count). The first kappa shape index (κ1) is 21.6. The van der Waals surface area contributed by atoms with Crippen LogP contribution in [0.3, 0.4) is 0 Å². The molecule has 9 heteroatoms. The molecule has 34 heavy (non-hydrogen) atoms. The van der Waals surface area contributed by atoms with Crippen LogP contribution in [0.15, 0.2) is 76.4 Å². The predicted octanol–water partition coefficient (Wildman–Crippen LogP) is 2.72. The number of ether oxygens (including phenoxy) is 2. The largest absolute Gasteiger partial charge is 0.497 e. The molecule has 2 aliphatic heterocycles. The van der Waals surface area contributed by atoms with E-state index < -0.39 is 12.0 Å². The lowest BCUT2D eigenvalue weighted by Gasteiger charge is -2.35. The lowest BCUT2D eigenvalue weighted by atomic mass is 10.0. The van der Waals surface area contributed by atoms with Crippen molar-refractivity contribution in [3.8, 4) is 11.5 Å². The number of hydrogen-bond acceptors (Lipinski definition) is 7. The molecule has 3 aromatic rings. The van der Waals surface area contributed by atoms with Gasteiger partial charge in [-0.05, 0) is 54.1 Å². The molecule has 0 aliphatic carbocycles. The summed E-state index contributed by atoms with van der Waals surface area (Å²) in [5.41, 5.74) is 7.90. The molecule has 0 bridgehead atoms. The van der Waals surface area contributed by atoms with Gasteiger partial charge in [0, 0.05) is 6.42 Å². The van der Waals surface area contributed by atoms with Crippen molar-refractivity contribution in [3.05, 3.63) is 78.3 Å². The molecule has 9 nitrogen and oxygen atoms in total. The number of carbonyl (C=O) groups excluding carboxylic acids is 2. The number of nitrogens with zero attached hydrogens (tertiary/aromatic N) is 3. The number of rotatable bonds is 6. The third-order valence-electron chi connectivity index (χ3n) is 5.97. The summed E-state index contributed by atoms with van der Waals surface area (Å²) >= 11 is 0. The predicted molar refractivity (Wildman–Crippen MR) is 125 cm³/mol. The van der Waals surface area contributed by atoms with E-state index in [-0.39, 0.29) is 25.0 Å². The van der Waals surface area contributed by atoms with Gasteiger partial charge in [0.2, 0.25) is 0 Å². The molecule has 0 saturated carbocycles. The number of hydrazone groups is 1. The van der Waals surface area contributed by atoms with Crippen LogP contribution in [0.4, 0.5) is 5.69 Å². The third kappa shape index (κ3) is 4.07. The molecule has 174 valence electrons. The molecule has 2 aliphatic rings. The summed E-state index contributed by atoms with van der Waals surface area (Å²) in [4.78, 5) is 27.2. The summed E-state index contributed by atoms with van der Waals surface area (Å²) < 4.78 is 16.6. The van der Waals surface area contributed by atoms with Crippen molar-refractivity contribution in [1.29, 1.82) is 0 Å². The quantitative estimate of drug-likeness (QED) is 0.606. The number of nitrogens with two attached hydrogens (primary N) is 1. The van der Waals surface area contributed by atoms with Gasteiger partial charge in [0.05, 0.1) is 37.9 Å². The first-order chi connectivity index (χ1) is 16.5. The maximum Gasteiger partial charge on any atom is 0.262 e. The van der Waals surface area contributed by atoms with Gasteiger partial charge < -0.3 is 24.5 Å². The highest BCUT2D eigenvalue weighted by molar-refractivity contribution is 6.03. The van der Waals surface area contributed by atoms with E-state index in [0.29, 0.717) is 17.9 Å². The maximum atomic E-state index is 13.5. The monoisotopic (exact) mass is 460 g/mol. The van der Waals surface area contributed by atoms with Gasteiger partial charge in [-0.15, -0.1) is 0 Å². The number of furan rings is 1. The Labute approximate surface area is 196 Å². The van der Waals surface area contributed by atoms with Gasteiger partial charge in [-0.3, -0.25) is 9.59 Å². The molecule has 2 aromatic carbocycles. The average Bonchev–Trinajstić information content (AvgIpc) is 3.54. The van der Waals surface area contributed by atoms with Crippen molar-refractivity contribution in [2.24, 2.45) is 10.8 Å². The van der Waals surface area contributed by atoms with Crippen molar-refractivity contribution in [2.75, 3.05) is 25.1 Å². The standard InChI is InChI=1S/C25H24N4O5/c1-32-17-10-8-16(9-11-17)18-13-20(21-7-4-12-33-21)29(27-18)24(30)15-28-14-23(25(26)31)34-22-6-3-2-5-19(22)28/h2-12,20,23H,13-15H2,1H3,(H2,26,31). The molecule has 2 unspecified atom stereocenters. The van der Waals surface area contributed by atoms with Gasteiger partial charge in [0.25, 0.3) is 11.8 Å². The zero-order valence-corrected chi connectivity index (χ0v) is 18.6. The number of para-hydroxylation sites is 2. The highest BCUT2D eigenvalue weighted by atomic mass is 16.5. The van der Waals surface area contributed by atoms with Gasteiger partial charge in [0.15, 0.2) is 6.10 Å². The van der Waals surface area contributed by atoms with Crippen LogP contribution < -0.4 is 20.1 Å². The number of fused-ring (bicyclic) bond motifs is 1. The Kier molecular flexibility index (Phi) is 5.67. The second kappa shape index (κ2) is 8.93. The minimum atomic E-state index is -0.847. The summed E-state index contributed by atoms with van der Waals surface area (Å²) in [6.07, 6.45) is 1.24. The molecule has 1 aromatic heterocycles. The number of methoxy groups -OCH3 is 1. The number of hydrogen-bond donors (Lipinski definition) is 1. The van der Waals surface area contributed by atoms with Crippen LogP contribution in [0, 0.1) is 0 Å². The van der Waals surface area contributed by atoms with Gasteiger partial charge in [-0.1, -0.05) is 12.1 Å². The van der Waals surface area contributed by atoms with E-state index in [9.17, 15) is 9.59 Å². The highest BCUT2D eigenvalue weighted by Gasteiger charge is 2.37. The van der Waals surface area contributed by atoms with Crippen LogP contribution in [-0.4, -0.2) is 48.8 Å². The van der Waals surface area contributed by atoms with Gasteiger partial charge in [-0.25, -0.2) is 5.01 Å². The van der Waals surface area contributed by atoms with E-state index in [2.05, 4.69) is 5.10 Å².